The van der Waals surface area contributed by atoms with Crippen molar-refractivity contribution >= 4 is 5.69 Å². The second-order valence-electron chi connectivity index (χ2n) is 6.07. The smallest absolute Gasteiger partial charge is 0.119 e. The zero-order valence-electron chi connectivity index (χ0n) is 13.1. The Labute approximate surface area is 132 Å². The molecule has 1 aromatic carbocycles. The second-order valence-corrected chi connectivity index (χ2v) is 6.07. The van der Waals surface area contributed by atoms with Crippen LogP contribution in [0.2, 0.25) is 0 Å². The summed E-state index contributed by atoms with van der Waals surface area (Å²) in [6.45, 7) is 6.58. The van der Waals surface area contributed by atoms with Crippen LogP contribution in [0.4, 0.5) is 5.69 Å². The average Bonchev–Trinajstić information content (AvgIpc) is 3.09. The summed E-state index contributed by atoms with van der Waals surface area (Å²) in [5.74, 6) is 0.823. The molecule has 2 heterocycles. The van der Waals surface area contributed by atoms with Crippen LogP contribution in [0.3, 0.4) is 0 Å². The van der Waals surface area contributed by atoms with Crippen molar-refractivity contribution in [2.24, 2.45) is 0 Å². The van der Waals surface area contributed by atoms with Gasteiger partial charge in [0.1, 0.15) is 18.5 Å². The molecule has 0 radical (unpaired) electrons. The van der Waals surface area contributed by atoms with Crippen molar-refractivity contribution in [3.8, 4) is 5.75 Å². The van der Waals surface area contributed by atoms with Crippen LogP contribution in [-0.4, -0.2) is 68.7 Å². The molecule has 0 aliphatic carbocycles. The van der Waals surface area contributed by atoms with E-state index in [0.717, 1.165) is 45.1 Å². The molecule has 1 unspecified atom stereocenters. The van der Waals surface area contributed by atoms with Gasteiger partial charge < -0.3 is 19.5 Å². The molecule has 0 spiro atoms. The number of morpholine rings is 1. The van der Waals surface area contributed by atoms with Gasteiger partial charge in [0.25, 0.3) is 0 Å². The van der Waals surface area contributed by atoms with Crippen LogP contribution in [0.25, 0.3) is 0 Å². The van der Waals surface area contributed by atoms with E-state index in [1.54, 1.807) is 0 Å². The van der Waals surface area contributed by atoms with E-state index < -0.39 is 6.10 Å². The Morgan fingerprint density at radius 3 is 2.41 bits per heavy atom. The van der Waals surface area contributed by atoms with Gasteiger partial charge in [-0.15, -0.1) is 0 Å². The first-order chi connectivity index (χ1) is 10.8. The molecular formula is C17H26N2O3. The summed E-state index contributed by atoms with van der Waals surface area (Å²) < 4.78 is 11.0. The minimum absolute atomic E-state index is 0.334. The predicted octanol–water partition coefficient (Wildman–Crippen LogP) is 1.36. The molecule has 0 saturated carbocycles. The average molecular weight is 306 g/mol. The minimum Gasteiger partial charge on any atom is -0.491 e. The molecule has 0 amide bonds. The molecule has 1 N–H and O–H groups in total. The van der Waals surface area contributed by atoms with Gasteiger partial charge in [-0.1, -0.05) is 0 Å². The van der Waals surface area contributed by atoms with Crippen LogP contribution in [0.15, 0.2) is 24.3 Å². The summed E-state index contributed by atoms with van der Waals surface area (Å²) in [7, 11) is 0. The second kappa shape index (κ2) is 7.81. The molecule has 22 heavy (non-hydrogen) atoms. The first-order valence-corrected chi connectivity index (χ1v) is 8.27. The molecule has 2 aliphatic rings. The van der Waals surface area contributed by atoms with Gasteiger partial charge in [0.15, 0.2) is 0 Å². The van der Waals surface area contributed by atoms with Crippen LogP contribution in [0, 0.1) is 0 Å². The maximum absolute atomic E-state index is 10.1. The number of aliphatic hydroxyl groups excluding tert-OH is 1. The molecule has 0 bridgehead atoms. The van der Waals surface area contributed by atoms with Gasteiger partial charge in [0.2, 0.25) is 0 Å². The van der Waals surface area contributed by atoms with Crippen LogP contribution in [0.5, 0.6) is 5.75 Å². The molecule has 2 aliphatic heterocycles. The number of hydrogen-bond acceptors (Lipinski definition) is 5. The van der Waals surface area contributed by atoms with Crippen molar-refractivity contribution in [3.63, 3.8) is 0 Å². The van der Waals surface area contributed by atoms with Crippen molar-refractivity contribution < 1.29 is 14.6 Å². The lowest BCUT2D eigenvalue weighted by Crippen LogP contribution is -2.42. The molecule has 1 atom stereocenters. The summed E-state index contributed by atoms with van der Waals surface area (Å²) >= 11 is 0. The Kier molecular flexibility index (Phi) is 5.53. The van der Waals surface area contributed by atoms with E-state index in [1.807, 2.05) is 12.1 Å². The Bertz CT molecular complexity index is 440. The topological polar surface area (TPSA) is 45.2 Å². The van der Waals surface area contributed by atoms with Gasteiger partial charge >= 0.3 is 0 Å². The minimum atomic E-state index is -0.462. The number of nitrogens with zero attached hydrogens (tertiary/aromatic N) is 2. The van der Waals surface area contributed by atoms with Gasteiger partial charge in [-0.05, 0) is 37.1 Å². The summed E-state index contributed by atoms with van der Waals surface area (Å²) in [6.07, 6.45) is 2.11. The van der Waals surface area contributed by atoms with E-state index in [9.17, 15) is 5.11 Å². The summed E-state index contributed by atoms with van der Waals surface area (Å²) in [5.41, 5.74) is 1.26. The van der Waals surface area contributed by atoms with Gasteiger partial charge in [0, 0.05) is 38.4 Å². The van der Waals surface area contributed by atoms with Crippen LogP contribution < -0.4 is 9.64 Å². The SMILES string of the molecule is OC(COc1ccc(N2CCCC2)cc1)CN1CCOCC1. The largest absolute Gasteiger partial charge is 0.491 e. The van der Waals surface area contributed by atoms with Crippen molar-refractivity contribution in [1.82, 2.24) is 4.90 Å². The highest BCUT2D eigenvalue weighted by molar-refractivity contribution is 5.49. The number of aliphatic hydroxyl groups is 1. The highest BCUT2D eigenvalue weighted by Crippen LogP contribution is 2.23. The molecule has 5 nitrogen and oxygen atoms in total. The molecule has 0 aromatic heterocycles. The summed E-state index contributed by atoms with van der Waals surface area (Å²) in [4.78, 5) is 4.62. The maximum Gasteiger partial charge on any atom is 0.119 e. The van der Waals surface area contributed by atoms with E-state index in [-0.39, 0.29) is 0 Å². The highest BCUT2D eigenvalue weighted by Gasteiger charge is 2.15. The van der Waals surface area contributed by atoms with Crippen LogP contribution in [0.1, 0.15) is 12.8 Å². The van der Waals surface area contributed by atoms with E-state index in [2.05, 4.69) is 21.9 Å². The Morgan fingerprint density at radius 2 is 1.73 bits per heavy atom. The third kappa shape index (κ3) is 4.35. The van der Waals surface area contributed by atoms with Crippen LogP contribution in [-0.2, 0) is 4.74 Å². The predicted molar refractivity (Wildman–Crippen MR) is 86.6 cm³/mol. The van der Waals surface area contributed by atoms with Crippen molar-refractivity contribution in [1.29, 1.82) is 0 Å². The Balaban J connectivity index is 1.42. The number of hydrogen-bond donors (Lipinski definition) is 1. The van der Waals surface area contributed by atoms with E-state index in [4.69, 9.17) is 9.47 Å². The molecule has 2 saturated heterocycles. The van der Waals surface area contributed by atoms with Gasteiger partial charge in [-0.2, -0.15) is 0 Å². The first-order valence-electron chi connectivity index (χ1n) is 8.27. The molecule has 2 fully saturated rings. The van der Waals surface area contributed by atoms with Crippen molar-refractivity contribution in [2.75, 3.05) is 57.4 Å². The van der Waals surface area contributed by atoms with Crippen molar-refractivity contribution in [2.45, 2.75) is 18.9 Å². The van der Waals surface area contributed by atoms with E-state index in [0.29, 0.717) is 13.2 Å². The number of β-amino-alcohol motifs (C(OH)–C–C–N with tert-alkyl or cyclic N) is 1. The zero-order valence-corrected chi connectivity index (χ0v) is 13.1. The number of ether oxygens (including phenoxy) is 2. The molecule has 5 heteroatoms. The number of benzene rings is 1. The van der Waals surface area contributed by atoms with Gasteiger partial charge in [-0.25, -0.2) is 0 Å². The lowest BCUT2D eigenvalue weighted by atomic mass is 10.2. The Hall–Kier alpha value is -1.30. The Morgan fingerprint density at radius 1 is 1.05 bits per heavy atom. The maximum atomic E-state index is 10.1. The molecular weight excluding hydrogens is 280 g/mol. The molecule has 3 rings (SSSR count). The van der Waals surface area contributed by atoms with Crippen LogP contribution >= 0.6 is 0 Å². The standard InChI is InChI=1S/C17H26N2O3/c20-16(13-18-9-11-21-12-10-18)14-22-17-5-3-15(4-6-17)19-7-1-2-8-19/h3-6,16,20H,1-2,7-14H2. The molecule has 1 aromatic rings. The van der Waals surface area contributed by atoms with E-state index >= 15 is 0 Å². The van der Waals surface area contributed by atoms with Crippen molar-refractivity contribution in [3.05, 3.63) is 24.3 Å². The number of rotatable bonds is 6. The number of anilines is 1. The third-order valence-electron chi connectivity index (χ3n) is 4.32. The fourth-order valence-corrected chi connectivity index (χ4v) is 3.06. The third-order valence-corrected chi connectivity index (χ3v) is 4.32. The zero-order chi connectivity index (χ0) is 15.2. The van der Waals surface area contributed by atoms with E-state index in [1.165, 1.54) is 18.5 Å². The summed E-state index contributed by atoms with van der Waals surface area (Å²) in [5, 5.41) is 10.1. The summed E-state index contributed by atoms with van der Waals surface area (Å²) in [6, 6.07) is 8.20. The lowest BCUT2D eigenvalue weighted by Gasteiger charge is -2.28. The highest BCUT2D eigenvalue weighted by atomic mass is 16.5. The monoisotopic (exact) mass is 306 g/mol. The first kappa shape index (κ1) is 15.6. The fourth-order valence-electron chi connectivity index (χ4n) is 3.06. The van der Waals surface area contributed by atoms with Gasteiger partial charge in [0.05, 0.1) is 13.2 Å². The molecule has 122 valence electrons. The lowest BCUT2D eigenvalue weighted by molar-refractivity contribution is 0.00466. The fraction of sp³-hybridized carbons (Fsp3) is 0.647. The van der Waals surface area contributed by atoms with Gasteiger partial charge in [-0.3, -0.25) is 4.90 Å². The normalized spacial score (nSPS) is 21.0. The quantitative estimate of drug-likeness (QED) is 0.860.